The number of halogens is 1. The summed E-state index contributed by atoms with van der Waals surface area (Å²) in [4.78, 5) is 16.8. The van der Waals surface area contributed by atoms with Crippen LogP contribution in [0, 0.1) is 6.92 Å². The van der Waals surface area contributed by atoms with Crippen LogP contribution < -0.4 is 0 Å². The number of hydrogen-bond acceptors (Lipinski definition) is 5. The van der Waals surface area contributed by atoms with E-state index in [2.05, 4.69) is 11.9 Å². The molecule has 2 rings (SSSR count). The summed E-state index contributed by atoms with van der Waals surface area (Å²) in [5, 5.41) is 0.388. The van der Waals surface area contributed by atoms with Gasteiger partial charge in [-0.25, -0.2) is 13.4 Å². The number of amidine groups is 1. The number of ether oxygens (including phenoxy) is 1. The zero-order valence-corrected chi connectivity index (χ0v) is 25.5. The van der Waals surface area contributed by atoms with Crippen molar-refractivity contribution >= 4 is 39.1 Å². The average Bonchev–Trinajstić information content (AvgIpc) is 2.87. The van der Waals surface area contributed by atoms with Gasteiger partial charge in [0.25, 0.3) is 10.0 Å². The molecule has 0 fully saturated rings. The molecule has 1 aromatic carbocycles. The third kappa shape index (κ3) is 10.9. The third-order valence-corrected chi connectivity index (χ3v) is 9.43. The maximum absolute atomic E-state index is 13.4. The first-order valence-corrected chi connectivity index (χ1v) is 16.7. The molecule has 0 aromatic heterocycles. The first-order chi connectivity index (χ1) is 18.3. The number of unbranched alkanes of at least 4 members (excludes halogenated alkanes) is 15. The Morgan fingerprint density at radius 3 is 1.84 bits per heavy atom. The van der Waals surface area contributed by atoms with Crippen LogP contribution in [0.4, 0.5) is 5.69 Å². The second-order valence-electron chi connectivity index (χ2n) is 10.5. The van der Waals surface area contributed by atoms with E-state index in [0.29, 0.717) is 23.7 Å². The van der Waals surface area contributed by atoms with Crippen LogP contribution >= 0.6 is 11.6 Å². The summed E-state index contributed by atoms with van der Waals surface area (Å²) in [6, 6.07) is 3.12. The number of aryl methyl sites for hydroxylation is 1. The second-order valence-corrected chi connectivity index (χ2v) is 12.7. The highest BCUT2D eigenvalue weighted by Gasteiger charge is 2.35. The summed E-state index contributed by atoms with van der Waals surface area (Å²) in [5.41, 5.74) is 1.07. The molecule has 1 heterocycles. The zero-order chi connectivity index (χ0) is 27.8. The SMILES string of the molecule is CCCCCCCCCCCCCCCCCCN1C(CC(=O)OCC)=Nc2cc(C)c(Cl)cc2S1(=O)=O. The number of esters is 1. The summed E-state index contributed by atoms with van der Waals surface area (Å²) in [5.74, 6) is -0.258. The van der Waals surface area contributed by atoms with Gasteiger partial charge in [-0.3, -0.25) is 9.10 Å². The van der Waals surface area contributed by atoms with Crippen molar-refractivity contribution in [3.63, 3.8) is 0 Å². The van der Waals surface area contributed by atoms with Crippen molar-refractivity contribution in [1.82, 2.24) is 4.31 Å². The van der Waals surface area contributed by atoms with E-state index in [0.717, 1.165) is 18.4 Å². The van der Waals surface area contributed by atoms with E-state index in [-0.39, 0.29) is 23.8 Å². The molecule has 216 valence electrons. The zero-order valence-electron chi connectivity index (χ0n) is 23.9. The van der Waals surface area contributed by atoms with Gasteiger partial charge in [0.2, 0.25) is 0 Å². The van der Waals surface area contributed by atoms with Crippen LogP contribution in [0.5, 0.6) is 0 Å². The Kier molecular flexibility index (Phi) is 15.3. The number of nitrogens with zero attached hydrogens (tertiary/aromatic N) is 2. The number of fused-ring (bicyclic) bond motifs is 1. The van der Waals surface area contributed by atoms with E-state index in [1.807, 2.05) is 0 Å². The molecule has 0 spiro atoms. The van der Waals surface area contributed by atoms with Crippen LogP contribution in [0.3, 0.4) is 0 Å². The molecule has 1 aromatic rings. The lowest BCUT2D eigenvalue weighted by atomic mass is 10.0. The van der Waals surface area contributed by atoms with E-state index < -0.39 is 16.0 Å². The van der Waals surface area contributed by atoms with Crippen LogP contribution in [-0.4, -0.2) is 37.7 Å². The van der Waals surface area contributed by atoms with Crippen LogP contribution in [0.25, 0.3) is 0 Å². The van der Waals surface area contributed by atoms with Gasteiger partial charge in [-0.1, -0.05) is 115 Å². The van der Waals surface area contributed by atoms with Gasteiger partial charge < -0.3 is 4.74 Å². The molecule has 0 unspecified atom stereocenters. The van der Waals surface area contributed by atoms with Crippen molar-refractivity contribution in [3.05, 3.63) is 22.7 Å². The fourth-order valence-corrected chi connectivity index (χ4v) is 6.77. The minimum atomic E-state index is -3.84. The molecule has 6 nitrogen and oxygen atoms in total. The predicted octanol–water partition coefficient (Wildman–Crippen LogP) is 8.90. The lowest BCUT2D eigenvalue weighted by molar-refractivity contribution is -0.141. The standard InChI is InChI=1S/C30H49ClN2O4S/c1-4-6-7-8-9-10-11-12-13-14-15-16-17-18-19-20-21-33-29(24-30(34)37-5-2)32-27-22-25(3)26(31)23-28(27)38(33,35)36/h22-23H,4-21,24H2,1-3H3. The van der Waals surface area contributed by atoms with Gasteiger partial charge in [-0.2, -0.15) is 0 Å². The summed E-state index contributed by atoms with van der Waals surface area (Å²) in [6.07, 6.45) is 19.9. The van der Waals surface area contributed by atoms with Crippen molar-refractivity contribution in [1.29, 1.82) is 0 Å². The average molecular weight is 569 g/mol. The van der Waals surface area contributed by atoms with E-state index in [9.17, 15) is 13.2 Å². The number of rotatable bonds is 20. The van der Waals surface area contributed by atoms with E-state index in [1.165, 1.54) is 93.8 Å². The molecule has 0 atom stereocenters. The third-order valence-electron chi connectivity index (χ3n) is 7.17. The fourth-order valence-electron chi connectivity index (χ4n) is 4.92. The van der Waals surface area contributed by atoms with Crippen molar-refractivity contribution in [2.45, 2.75) is 135 Å². The fraction of sp³-hybridized carbons (Fsp3) is 0.733. The molecular weight excluding hydrogens is 520 g/mol. The Balaban J connectivity index is 1.72. The summed E-state index contributed by atoms with van der Waals surface area (Å²) < 4.78 is 33.2. The molecule has 0 radical (unpaired) electrons. The van der Waals surface area contributed by atoms with Crippen molar-refractivity contribution in [2.75, 3.05) is 13.2 Å². The molecule has 0 saturated carbocycles. The molecule has 0 saturated heterocycles. The van der Waals surface area contributed by atoms with Gasteiger partial charge in [-0.05, 0) is 38.0 Å². The Morgan fingerprint density at radius 1 is 0.842 bits per heavy atom. The molecule has 8 heteroatoms. The van der Waals surface area contributed by atoms with E-state index >= 15 is 0 Å². The predicted molar refractivity (Wildman–Crippen MR) is 158 cm³/mol. The van der Waals surface area contributed by atoms with E-state index in [4.69, 9.17) is 16.3 Å². The Bertz CT molecular complexity index is 994. The van der Waals surface area contributed by atoms with Crippen LogP contribution in [0.2, 0.25) is 5.02 Å². The lowest BCUT2D eigenvalue weighted by Crippen LogP contribution is -2.41. The monoisotopic (exact) mass is 568 g/mol. The highest BCUT2D eigenvalue weighted by molar-refractivity contribution is 7.90. The minimum Gasteiger partial charge on any atom is -0.466 e. The largest absolute Gasteiger partial charge is 0.466 e. The first-order valence-electron chi connectivity index (χ1n) is 14.9. The van der Waals surface area contributed by atoms with Crippen molar-refractivity contribution in [2.24, 2.45) is 4.99 Å². The molecule has 1 aliphatic rings. The second kappa shape index (κ2) is 17.9. The van der Waals surface area contributed by atoms with Crippen molar-refractivity contribution in [3.8, 4) is 0 Å². The van der Waals surface area contributed by atoms with Gasteiger partial charge in [0.1, 0.15) is 17.2 Å². The van der Waals surface area contributed by atoms with Gasteiger partial charge in [0, 0.05) is 11.6 Å². The Hall–Kier alpha value is -1.60. The molecule has 38 heavy (non-hydrogen) atoms. The van der Waals surface area contributed by atoms with Crippen LogP contribution in [-0.2, 0) is 19.6 Å². The topological polar surface area (TPSA) is 76.0 Å². The first kappa shape index (κ1) is 32.6. The molecule has 0 N–H and O–H groups in total. The highest BCUT2D eigenvalue weighted by Crippen LogP contribution is 2.37. The van der Waals surface area contributed by atoms with Gasteiger partial charge in [0.15, 0.2) is 0 Å². The quantitative estimate of drug-likeness (QED) is 0.116. The maximum atomic E-state index is 13.4. The normalized spacial score (nSPS) is 14.3. The number of carbonyl (C=O) groups is 1. The number of aliphatic imine (C=N–C) groups is 1. The van der Waals surface area contributed by atoms with Gasteiger partial charge >= 0.3 is 5.97 Å². The Labute approximate surface area is 236 Å². The summed E-state index contributed by atoms with van der Waals surface area (Å²) in [7, 11) is -3.84. The number of sulfonamides is 1. The number of hydrogen-bond donors (Lipinski definition) is 0. The van der Waals surface area contributed by atoms with Crippen molar-refractivity contribution < 1.29 is 17.9 Å². The minimum absolute atomic E-state index is 0.0946. The van der Waals surface area contributed by atoms with Gasteiger partial charge in [0.05, 0.1) is 12.3 Å². The molecule has 1 aliphatic heterocycles. The van der Waals surface area contributed by atoms with Gasteiger partial charge in [-0.15, -0.1) is 0 Å². The molecule has 0 amide bonds. The summed E-state index contributed by atoms with van der Waals surface area (Å²) in [6.45, 7) is 6.33. The van der Waals surface area contributed by atoms with E-state index in [1.54, 1.807) is 19.9 Å². The molecule has 0 aliphatic carbocycles. The Morgan fingerprint density at radius 2 is 1.34 bits per heavy atom. The summed E-state index contributed by atoms with van der Waals surface area (Å²) >= 11 is 6.23. The smallest absolute Gasteiger partial charge is 0.313 e. The molecular formula is C30H49ClN2O4S. The number of carbonyl (C=O) groups excluding carboxylic acids is 1. The lowest BCUT2D eigenvalue weighted by Gasteiger charge is -2.30. The van der Waals surface area contributed by atoms with Crippen LogP contribution in [0.1, 0.15) is 129 Å². The number of benzene rings is 1. The maximum Gasteiger partial charge on any atom is 0.313 e. The van der Waals surface area contributed by atoms with Crippen LogP contribution in [0.15, 0.2) is 22.0 Å². The molecule has 0 bridgehead atoms. The highest BCUT2D eigenvalue weighted by atomic mass is 35.5.